The van der Waals surface area contributed by atoms with Crippen LogP contribution in [0.4, 0.5) is 0 Å². The smallest absolute Gasteiger partial charge is 0.306 e. The van der Waals surface area contributed by atoms with Crippen LogP contribution in [0.3, 0.4) is 0 Å². The number of nitrogens with zero attached hydrogens (tertiary/aromatic N) is 2. The third-order valence-corrected chi connectivity index (χ3v) is 5.91. The Hall–Kier alpha value is -2.57. The van der Waals surface area contributed by atoms with Crippen molar-refractivity contribution >= 4 is 17.8 Å². The second kappa shape index (κ2) is 8.63. The fraction of sp³-hybridized carbons (Fsp3) is 0.571. The van der Waals surface area contributed by atoms with Gasteiger partial charge in [0.2, 0.25) is 5.91 Å². The van der Waals surface area contributed by atoms with Crippen molar-refractivity contribution in [3.05, 3.63) is 29.3 Å². The zero-order valence-electron chi connectivity index (χ0n) is 16.5. The molecule has 1 aromatic rings. The maximum Gasteiger partial charge on any atom is 0.306 e. The molecular formula is C21H28N2O5. The minimum absolute atomic E-state index is 0.0371. The standard InChI is InChI=1S/C21H28N2O5/c1-14-6-7-16(13-18(14)28-2)20(25)23-10-8-22(9-11-23)19(24)15-4-3-5-17(12-15)21(26)27/h6-7,13,15,17H,3-5,8-12H2,1-2H3,(H,26,27). The Labute approximate surface area is 165 Å². The van der Waals surface area contributed by atoms with Crippen molar-refractivity contribution in [2.24, 2.45) is 11.8 Å². The normalized spacial score (nSPS) is 22.6. The molecule has 1 aromatic carbocycles. The molecule has 0 spiro atoms. The minimum Gasteiger partial charge on any atom is -0.496 e. The Morgan fingerprint density at radius 2 is 1.68 bits per heavy atom. The van der Waals surface area contributed by atoms with Gasteiger partial charge in [-0.2, -0.15) is 0 Å². The number of carboxylic acid groups (broad SMARTS) is 1. The zero-order chi connectivity index (χ0) is 20.3. The van der Waals surface area contributed by atoms with Crippen LogP contribution >= 0.6 is 0 Å². The highest BCUT2D eigenvalue weighted by Gasteiger charge is 2.34. The number of amides is 2. The van der Waals surface area contributed by atoms with Crippen LogP contribution in [0.5, 0.6) is 5.75 Å². The lowest BCUT2D eigenvalue weighted by molar-refractivity contribution is -0.146. The fourth-order valence-electron chi connectivity index (χ4n) is 4.16. The van der Waals surface area contributed by atoms with E-state index in [4.69, 9.17) is 4.74 Å². The molecule has 1 N–H and O–H groups in total. The average molecular weight is 388 g/mol. The monoisotopic (exact) mass is 388 g/mol. The third kappa shape index (κ3) is 4.29. The molecule has 152 valence electrons. The van der Waals surface area contributed by atoms with E-state index >= 15 is 0 Å². The number of rotatable bonds is 4. The Kier molecular flexibility index (Phi) is 6.21. The van der Waals surface area contributed by atoms with Gasteiger partial charge >= 0.3 is 5.97 Å². The largest absolute Gasteiger partial charge is 0.496 e. The highest BCUT2D eigenvalue weighted by Crippen LogP contribution is 2.31. The molecule has 1 aliphatic carbocycles. The second-order valence-electron chi connectivity index (χ2n) is 7.70. The summed E-state index contributed by atoms with van der Waals surface area (Å²) in [5, 5.41) is 9.23. The lowest BCUT2D eigenvalue weighted by Crippen LogP contribution is -2.52. The summed E-state index contributed by atoms with van der Waals surface area (Å²) in [4.78, 5) is 40.4. The summed E-state index contributed by atoms with van der Waals surface area (Å²) < 4.78 is 5.30. The molecule has 0 bridgehead atoms. The molecule has 2 atom stereocenters. The summed E-state index contributed by atoms with van der Waals surface area (Å²) >= 11 is 0. The van der Waals surface area contributed by atoms with Crippen molar-refractivity contribution in [3.63, 3.8) is 0 Å². The first kappa shape index (κ1) is 20.2. The Morgan fingerprint density at radius 3 is 2.32 bits per heavy atom. The highest BCUT2D eigenvalue weighted by atomic mass is 16.5. The van der Waals surface area contributed by atoms with Gasteiger partial charge in [-0.15, -0.1) is 0 Å². The Morgan fingerprint density at radius 1 is 1.04 bits per heavy atom. The van der Waals surface area contributed by atoms with Crippen LogP contribution in [0, 0.1) is 18.8 Å². The van der Waals surface area contributed by atoms with Crippen LogP contribution in [0.25, 0.3) is 0 Å². The number of carbonyl (C=O) groups excluding carboxylic acids is 2. The van der Waals surface area contributed by atoms with Crippen LogP contribution in [0.1, 0.15) is 41.6 Å². The van der Waals surface area contributed by atoms with Gasteiger partial charge in [-0.25, -0.2) is 0 Å². The van der Waals surface area contributed by atoms with Gasteiger partial charge in [0.25, 0.3) is 5.91 Å². The molecule has 1 saturated carbocycles. The molecule has 0 radical (unpaired) electrons. The predicted octanol–water partition coefficient (Wildman–Crippen LogP) is 2.18. The Balaban J connectivity index is 1.57. The first-order chi connectivity index (χ1) is 13.4. The fourth-order valence-corrected chi connectivity index (χ4v) is 4.16. The molecule has 0 aromatic heterocycles. The molecule has 7 nitrogen and oxygen atoms in total. The van der Waals surface area contributed by atoms with Gasteiger partial charge < -0.3 is 19.6 Å². The maximum absolute atomic E-state index is 12.8. The van der Waals surface area contributed by atoms with Crippen LogP contribution in [-0.2, 0) is 9.59 Å². The van der Waals surface area contributed by atoms with Crippen LogP contribution in [0.15, 0.2) is 18.2 Å². The van der Waals surface area contributed by atoms with Crippen LogP contribution in [-0.4, -0.2) is 66.0 Å². The molecule has 3 rings (SSSR count). The summed E-state index contributed by atoms with van der Waals surface area (Å²) in [5.41, 5.74) is 1.56. The summed E-state index contributed by atoms with van der Waals surface area (Å²) in [5.74, 6) is -0.768. The van der Waals surface area contributed by atoms with E-state index in [0.29, 0.717) is 50.3 Å². The molecular weight excluding hydrogens is 360 g/mol. The first-order valence-corrected chi connectivity index (χ1v) is 9.86. The average Bonchev–Trinajstić information content (AvgIpc) is 2.73. The summed E-state index contributed by atoms with van der Waals surface area (Å²) in [7, 11) is 1.58. The quantitative estimate of drug-likeness (QED) is 0.854. The van der Waals surface area contributed by atoms with Gasteiger partial charge in [0, 0.05) is 37.7 Å². The topological polar surface area (TPSA) is 87.2 Å². The predicted molar refractivity (Wildman–Crippen MR) is 103 cm³/mol. The number of aryl methyl sites for hydroxylation is 1. The van der Waals surface area contributed by atoms with E-state index in [0.717, 1.165) is 18.4 Å². The van der Waals surface area contributed by atoms with Crippen LogP contribution < -0.4 is 4.74 Å². The number of carbonyl (C=O) groups is 3. The van der Waals surface area contributed by atoms with Crippen molar-refractivity contribution in [2.75, 3.05) is 33.3 Å². The number of carboxylic acids is 1. The van der Waals surface area contributed by atoms with Crippen molar-refractivity contribution < 1.29 is 24.2 Å². The van der Waals surface area contributed by atoms with Crippen molar-refractivity contribution in [2.45, 2.75) is 32.6 Å². The number of methoxy groups -OCH3 is 1. The van der Waals surface area contributed by atoms with E-state index in [1.165, 1.54) is 0 Å². The van der Waals surface area contributed by atoms with Crippen molar-refractivity contribution in [1.29, 1.82) is 0 Å². The van der Waals surface area contributed by atoms with E-state index in [1.807, 2.05) is 13.0 Å². The van der Waals surface area contributed by atoms with E-state index in [2.05, 4.69) is 0 Å². The number of benzene rings is 1. The van der Waals surface area contributed by atoms with E-state index in [9.17, 15) is 19.5 Å². The summed E-state index contributed by atoms with van der Waals surface area (Å²) in [6.45, 7) is 3.87. The molecule has 1 aliphatic heterocycles. The summed E-state index contributed by atoms with van der Waals surface area (Å²) in [6, 6.07) is 5.42. The summed E-state index contributed by atoms with van der Waals surface area (Å²) in [6.07, 6.45) is 2.61. The molecule has 2 amide bonds. The van der Waals surface area contributed by atoms with Gasteiger partial charge in [0.1, 0.15) is 5.75 Å². The number of aliphatic carboxylic acids is 1. The SMILES string of the molecule is COc1cc(C(=O)N2CCN(C(=O)C3CCCC(C(=O)O)C3)CC2)ccc1C. The van der Waals surface area contributed by atoms with Crippen LogP contribution in [0.2, 0.25) is 0 Å². The minimum atomic E-state index is -0.804. The van der Waals surface area contributed by atoms with Gasteiger partial charge in [0.15, 0.2) is 0 Å². The zero-order valence-corrected chi connectivity index (χ0v) is 16.5. The highest BCUT2D eigenvalue weighted by molar-refractivity contribution is 5.95. The first-order valence-electron chi connectivity index (χ1n) is 9.86. The van der Waals surface area contributed by atoms with Crippen molar-refractivity contribution in [3.8, 4) is 5.75 Å². The lowest BCUT2D eigenvalue weighted by Gasteiger charge is -2.37. The number of ether oxygens (including phenoxy) is 1. The van der Waals surface area contributed by atoms with E-state index in [-0.39, 0.29) is 17.7 Å². The molecule has 2 fully saturated rings. The molecule has 2 aliphatic rings. The molecule has 1 saturated heterocycles. The molecule has 1 heterocycles. The second-order valence-corrected chi connectivity index (χ2v) is 7.70. The number of hydrogen-bond donors (Lipinski definition) is 1. The van der Waals surface area contributed by atoms with E-state index in [1.54, 1.807) is 29.0 Å². The van der Waals surface area contributed by atoms with E-state index < -0.39 is 11.9 Å². The lowest BCUT2D eigenvalue weighted by atomic mass is 9.80. The van der Waals surface area contributed by atoms with Gasteiger partial charge in [-0.05, 0) is 43.9 Å². The van der Waals surface area contributed by atoms with Gasteiger partial charge in [0.05, 0.1) is 13.0 Å². The van der Waals surface area contributed by atoms with Gasteiger partial charge in [-0.3, -0.25) is 14.4 Å². The molecule has 28 heavy (non-hydrogen) atoms. The molecule has 7 heteroatoms. The Bertz CT molecular complexity index is 755. The number of piperazine rings is 1. The van der Waals surface area contributed by atoms with Crippen molar-refractivity contribution in [1.82, 2.24) is 9.80 Å². The molecule has 2 unspecified atom stereocenters. The number of hydrogen-bond acceptors (Lipinski definition) is 4. The maximum atomic E-state index is 12.8. The third-order valence-electron chi connectivity index (χ3n) is 5.91. The van der Waals surface area contributed by atoms with Gasteiger partial charge in [-0.1, -0.05) is 12.5 Å².